The molecule has 0 fully saturated rings. The van der Waals surface area contributed by atoms with Gasteiger partial charge in [0, 0.05) is 0 Å². The summed E-state index contributed by atoms with van der Waals surface area (Å²) >= 11 is 0. The molecule has 82 valence electrons. The van der Waals surface area contributed by atoms with Crippen LogP contribution in [0.1, 0.15) is 26.3 Å². The molecule has 0 radical (unpaired) electrons. The average Bonchev–Trinajstić information content (AvgIpc) is 2.17. The Morgan fingerprint density at radius 2 is 2.20 bits per heavy atom. The first kappa shape index (κ1) is 11.8. The maximum Gasteiger partial charge on any atom is 0.120 e. The smallest absolute Gasteiger partial charge is 0.120 e. The van der Waals surface area contributed by atoms with Gasteiger partial charge in [-0.2, -0.15) is 0 Å². The van der Waals surface area contributed by atoms with Crippen molar-refractivity contribution in [2.75, 3.05) is 6.61 Å². The van der Waals surface area contributed by atoms with Gasteiger partial charge < -0.3 is 9.84 Å². The van der Waals surface area contributed by atoms with E-state index in [0.717, 1.165) is 16.9 Å². The van der Waals surface area contributed by atoms with Crippen molar-refractivity contribution in [3.63, 3.8) is 0 Å². The van der Waals surface area contributed by atoms with Gasteiger partial charge in [-0.05, 0) is 44.0 Å². The van der Waals surface area contributed by atoms with Crippen LogP contribution in [0.3, 0.4) is 0 Å². The number of aliphatic hydroxyl groups is 1. The summed E-state index contributed by atoms with van der Waals surface area (Å²) in [5.41, 5.74) is 2.00. The van der Waals surface area contributed by atoms with Crippen LogP contribution in [0, 0.1) is 0 Å². The van der Waals surface area contributed by atoms with Crippen LogP contribution < -0.4 is 4.74 Å². The Balaban J connectivity index is 2.83. The molecule has 0 saturated heterocycles. The van der Waals surface area contributed by atoms with E-state index in [1.165, 1.54) is 0 Å². The summed E-state index contributed by atoms with van der Waals surface area (Å²) in [5.74, 6) is 0.865. The van der Waals surface area contributed by atoms with Gasteiger partial charge in [-0.15, -0.1) is 0 Å². The maximum absolute atomic E-state index is 8.91. The molecule has 1 aromatic carbocycles. The Morgan fingerprint density at radius 3 is 2.80 bits per heavy atom. The summed E-state index contributed by atoms with van der Waals surface area (Å²) in [4.78, 5) is 0. The molecule has 2 heteroatoms. The molecule has 0 aliphatic carbocycles. The van der Waals surface area contributed by atoms with Crippen molar-refractivity contribution in [3.8, 4) is 5.75 Å². The minimum Gasteiger partial charge on any atom is -0.491 e. The molecule has 0 aliphatic heterocycles. The Morgan fingerprint density at radius 1 is 1.47 bits per heavy atom. The topological polar surface area (TPSA) is 29.5 Å². The van der Waals surface area contributed by atoms with E-state index in [0.29, 0.717) is 0 Å². The van der Waals surface area contributed by atoms with Crippen LogP contribution in [0.25, 0.3) is 6.08 Å². The molecule has 0 aromatic heterocycles. The molecule has 0 bridgehead atoms. The van der Waals surface area contributed by atoms with Crippen LogP contribution >= 0.6 is 0 Å². The van der Waals surface area contributed by atoms with Gasteiger partial charge in [0.1, 0.15) is 5.75 Å². The molecule has 0 heterocycles. The first-order valence-corrected chi connectivity index (χ1v) is 5.16. The summed E-state index contributed by atoms with van der Waals surface area (Å²) in [6.45, 7) is 5.99. The average molecular weight is 206 g/mol. The number of benzene rings is 1. The van der Waals surface area contributed by atoms with E-state index < -0.39 is 0 Å². The van der Waals surface area contributed by atoms with Gasteiger partial charge in [0.05, 0.1) is 12.7 Å². The van der Waals surface area contributed by atoms with Crippen LogP contribution in [0.2, 0.25) is 0 Å². The third-order valence-corrected chi connectivity index (χ3v) is 1.89. The van der Waals surface area contributed by atoms with Crippen LogP contribution in [0.5, 0.6) is 5.75 Å². The Hall–Kier alpha value is -1.28. The lowest BCUT2D eigenvalue weighted by atomic mass is 10.1. The fourth-order valence-electron chi connectivity index (χ4n) is 1.28. The lowest BCUT2D eigenvalue weighted by Crippen LogP contribution is -2.05. The first-order chi connectivity index (χ1) is 7.11. The quantitative estimate of drug-likeness (QED) is 0.820. The lowest BCUT2D eigenvalue weighted by Gasteiger charge is -2.09. The summed E-state index contributed by atoms with van der Waals surface area (Å²) in [6.07, 6.45) is 2.14. The first-order valence-electron chi connectivity index (χ1n) is 5.16. The predicted octanol–water partition coefficient (Wildman–Crippen LogP) is 2.87. The minimum absolute atomic E-state index is 0.0925. The van der Waals surface area contributed by atoms with Gasteiger partial charge >= 0.3 is 0 Å². The molecule has 0 aliphatic rings. The number of aliphatic hydroxyl groups excluding tert-OH is 1. The van der Waals surface area contributed by atoms with Crippen molar-refractivity contribution in [1.29, 1.82) is 0 Å². The Bertz CT molecular complexity index is 340. The summed E-state index contributed by atoms with van der Waals surface area (Å²) in [7, 11) is 0. The molecule has 1 N–H and O–H groups in total. The highest BCUT2D eigenvalue weighted by Crippen LogP contribution is 2.16. The largest absolute Gasteiger partial charge is 0.491 e. The second-order valence-corrected chi connectivity index (χ2v) is 3.89. The fraction of sp³-hybridized carbons (Fsp3) is 0.385. The van der Waals surface area contributed by atoms with Crippen LogP contribution in [0.15, 0.2) is 29.8 Å². The number of rotatable bonds is 4. The second kappa shape index (κ2) is 5.56. The zero-order chi connectivity index (χ0) is 11.3. The van der Waals surface area contributed by atoms with Gasteiger partial charge in [0.25, 0.3) is 0 Å². The lowest BCUT2D eigenvalue weighted by molar-refractivity contribution is 0.242. The molecule has 0 atom stereocenters. The maximum atomic E-state index is 8.91. The highest BCUT2D eigenvalue weighted by Gasteiger charge is 1.98. The third kappa shape index (κ3) is 4.17. The standard InChI is InChI=1S/C13H18O2/c1-10(2)15-13-6-4-5-12(8-13)7-11(3)9-14/h4-8,10,14H,9H2,1-3H3. The predicted molar refractivity (Wildman–Crippen MR) is 62.9 cm³/mol. The van der Waals surface area contributed by atoms with E-state index in [2.05, 4.69) is 0 Å². The van der Waals surface area contributed by atoms with E-state index >= 15 is 0 Å². The minimum atomic E-state index is 0.0925. The van der Waals surface area contributed by atoms with Gasteiger partial charge in [0.15, 0.2) is 0 Å². The molecule has 1 rings (SSSR count). The SMILES string of the molecule is CC(=Cc1cccc(OC(C)C)c1)CO. The van der Waals surface area contributed by atoms with E-state index in [4.69, 9.17) is 9.84 Å². The van der Waals surface area contributed by atoms with Crippen LogP contribution in [-0.2, 0) is 0 Å². The number of hydrogen-bond acceptors (Lipinski definition) is 2. The highest BCUT2D eigenvalue weighted by molar-refractivity contribution is 5.54. The summed E-state index contributed by atoms with van der Waals surface area (Å²) in [5, 5.41) is 8.91. The van der Waals surface area contributed by atoms with E-state index in [-0.39, 0.29) is 12.7 Å². The molecule has 0 saturated carbocycles. The van der Waals surface area contributed by atoms with Gasteiger partial charge in [-0.3, -0.25) is 0 Å². The Labute approximate surface area is 91.2 Å². The van der Waals surface area contributed by atoms with Crippen molar-refractivity contribution in [1.82, 2.24) is 0 Å². The molecule has 0 unspecified atom stereocenters. The van der Waals surface area contributed by atoms with Gasteiger partial charge in [0.2, 0.25) is 0 Å². The fourth-order valence-corrected chi connectivity index (χ4v) is 1.28. The van der Waals surface area contributed by atoms with Crippen molar-refractivity contribution in [2.24, 2.45) is 0 Å². The molecule has 2 nitrogen and oxygen atoms in total. The van der Waals surface area contributed by atoms with E-state index in [9.17, 15) is 0 Å². The van der Waals surface area contributed by atoms with E-state index in [1.54, 1.807) is 0 Å². The zero-order valence-corrected chi connectivity index (χ0v) is 9.53. The van der Waals surface area contributed by atoms with E-state index in [1.807, 2.05) is 51.1 Å². The van der Waals surface area contributed by atoms with Gasteiger partial charge in [-0.1, -0.05) is 18.2 Å². The molecule has 15 heavy (non-hydrogen) atoms. The molecule has 0 amide bonds. The zero-order valence-electron chi connectivity index (χ0n) is 9.53. The molecule has 0 spiro atoms. The Kier molecular flexibility index (Phi) is 4.37. The van der Waals surface area contributed by atoms with Crippen molar-refractivity contribution in [3.05, 3.63) is 35.4 Å². The normalized spacial score (nSPS) is 11.9. The second-order valence-electron chi connectivity index (χ2n) is 3.89. The molecular formula is C13H18O2. The van der Waals surface area contributed by atoms with Crippen LogP contribution in [-0.4, -0.2) is 17.8 Å². The molecular weight excluding hydrogens is 188 g/mol. The van der Waals surface area contributed by atoms with Gasteiger partial charge in [-0.25, -0.2) is 0 Å². The van der Waals surface area contributed by atoms with Crippen molar-refractivity contribution in [2.45, 2.75) is 26.9 Å². The molecule has 1 aromatic rings. The summed E-state index contributed by atoms with van der Waals surface area (Å²) < 4.78 is 5.58. The monoisotopic (exact) mass is 206 g/mol. The van der Waals surface area contributed by atoms with Crippen LogP contribution in [0.4, 0.5) is 0 Å². The third-order valence-electron chi connectivity index (χ3n) is 1.89. The number of hydrogen-bond donors (Lipinski definition) is 1. The number of ether oxygens (including phenoxy) is 1. The van der Waals surface area contributed by atoms with Crippen molar-refractivity contribution < 1.29 is 9.84 Å². The van der Waals surface area contributed by atoms with Crippen molar-refractivity contribution >= 4 is 6.08 Å². The highest BCUT2D eigenvalue weighted by atomic mass is 16.5. The summed E-state index contributed by atoms with van der Waals surface area (Å²) in [6, 6.07) is 7.85.